The maximum atomic E-state index is 14.6. The quantitative estimate of drug-likeness (QED) is 0.415. The average molecular weight is 562 g/mol. The van der Waals surface area contributed by atoms with Crippen LogP contribution in [-0.2, 0) is 4.79 Å². The first-order chi connectivity index (χ1) is 19.6. The molecule has 1 atom stereocenters. The van der Waals surface area contributed by atoms with Crippen LogP contribution in [0.4, 0.5) is 4.39 Å². The molecule has 0 spiro atoms. The molecule has 0 radical (unpaired) electrons. The molecule has 2 aromatic heterocycles. The monoisotopic (exact) mass is 561 g/mol. The molecule has 8 nitrogen and oxygen atoms in total. The molecule has 1 aromatic carbocycles. The highest BCUT2D eigenvalue weighted by Gasteiger charge is 2.34. The number of benzene rings is 1. The normalized spacial score (nSPS) is 18.0. The Labute approximate surface area is 240 Å². The van der Waals surface area contributed by atoms with Crippen molar-refractivity contribution < 1.29 is 18.8 Å². The third-order valence-corrected chi connectivity index (χ3v) is 8.57. The number of Topliss-reactive ketones (excluding diaryl/α,β-unsaturated/α-hetero) is 1. The Kier molecular flexibility index (Phi) is 8.27. The van der Waals surface area contributed by atoms with Gasteiger partial charge in [-0.1, -0.05) is 0 Å². The van der Waals surface area contributed by atoms with Crippen molar-refractivity contribution in [2.75, 3.05) is 19.6 Å². The SMILES string of the molecule is Cc1c(C(=O)C2CCN(C(=O)C3CCCN3)CC2)c2ccncc2n1-c1ccc(F)cc1C(=O)N(C(C)C)C(C)C. The molecule has 2 aliphatic heterocycles. The van der Waals surface area contributed by atoms with Crippen LogP contribution < -0.4 is 5.32 Å². The van der Waals surface area contributed by atoms with E-state index in [9.17, 15) is 18.8 Å². The summed E-state index contributed by atoms with van der Waals surface area (Å²) >= 11 is 0. The third kappa shape index (κ3) is 5.39. The van der Waals surface area contributed by atoms with Gasteiger partial charge in [0.25, 0.3) is 5.91 Å². The van der Waals surface area contributed by atoms with Crippen molar-refractivity contribution in [3.05, 3.63) is 59.3 Å². The minimum Gasteiger partial charge on any atom is -0.341 e. The Bertz CT molecular complexity index is 1460. The van der Waals surface area contributed by atoms with Crippen molar-refractivity contribution in [3.63, 3.8) is 0 Å². The predicted octanol–water partition coefficient (Wildman–Crippen LogP) is 4.91. The molecule has 0 saturated carbocycles. The van der Waals surface area contributed by atoms with Gasteiger partial charge in [0, 0.05) is 53.9 Å². The van der Waals surface area contributed by atoms with Crippen molar-refractivity contribution >= 4 is 28.5 Å². The summed E-state index contributed by atoms with van der Waals surface area (Å²) in [5.74, 6) is -0.811. The number of rotatable bonds is 7. The van der Waals surface area contributed by atoms with Crippen LogP contribution in [0, 0.1) is 18.7 Å². The van der Waals surface area contributed by atoms with Crippen LogP contribution in [0.2, 0.25) is 0 Å². The zero-order valence-corrected chi connectivity index (χ0v) is 24.6. The number of piperidine rings is 1. The fraction of sp³-hybridized carbons (Fsp3) is 0.500. The molecule has 2 fully saturated rings. The number of ketones is 1. The van der Waals surface area contributed by atoms with Crippen molar-refractivity contribution in [1.82, 2.24) is 24.7 Å². The maximum Gasteiger partial charge on any atom is 0.256 e. The number of hydrogen-bond acceptors (Lipinski definition) is 5. The maximum absolute atomic E-state index is 14.6. The average Bonchev–Trinajstić information content (AvgIpc) is 3.58. The number of likely N-dealkylation sites (tertiary alicyclic amines) is 1. The highest BCUT2D eigenvalue weighted by atomic mass is 19.1. The van der Waals surface area contributed by atoms with Gasteiger partial charge in [-0.2, -0.15) is 0 Å². The molecule has 0 aliphatic carbocycles. The van der Waals surface area contributed by atoms with Gasteiger partial charge in [0.2, 0.25) is 5.91 Å². The second kappa shape index (κ2) is 11.7. The number of carbonyl (C=O) groups excluding carboxylic acids is 3. The molecule has 0 bridgehead atoms. The first-order valence-electron chi connectivity index (χ1n) is 14.7. The highest BCUT2D eigenvalue weighted by molar-refractivity contribution is 6.11. The van der Waals surface area contributed by atoms with E-state index in [4.69, 9.17) is 0 Å². The van der Waals surface area contributed by atoms with Crippen LogP contribution in [0.15, 0.2) is 36.7 Å². The van der Waals surface area contributed by atoms with Crippen LogP contribution in [0.25, 0.3) is 16.6 Å². The number of nitrogens with zero attached hydrogens (tertiary/aromatic N) is 4. The van der Waals surface area contributed by atoms with Crippen LogP contribution in [-0.4, -0.2) is 74.7 Å². The standard InChI is InChI=1S/C32H40FN5O3/c1-19(2)37(20(3)4)31(40)25-17-23(33)8-9-27(25)38-21(5)29(24-10-14-34-18-28(24)38)30(39)22-11-15-36(16-12-22)32(41)26-7-6-13-35-26/h8-10,14,17-20,22,26,35H,6-7,11-13,15-16H2,1-5H3. The number of fused-ring (bicyclic) bond motifs is 1. The van der Waals surface area contributed by atoms with Gasteiger partial charge in [0.1, 0.15) is 5.82 Å². The van der Waals surface area contributed by atoms with Crippen molar-refractivity contribution in [3.8, 4) is 5.69 Å². The molecule has 1 unspecified atom stereocenters. The van der Waals surface area contributed by atoms with Crippen molar-refractivity contribution in [2.24, 2.45) is 5.92 Å². The Balaban J connectivity index is 1.51. The number of aromatic nitrogens is 2. The number of hydrogen-bond donors (Lipinski definition) is 1. The molecule has 3 aromatic rings. The lowest BCUT2D eigenvalue weighted by molar-refractivity contribution is -0.134. The number of pyridine rings is 1. The molecule has 9 heteroatoms. The van der Waals surface area contributed by atoms with Gasteiger partial charge >= 0.3 is 0 Å². The zero-order chi connectivity index (χ0) is 29.4. The summed E-state index contributed by atoms with van der Waals surface area (Å²) in [5, 5.41) is 4.03. The molecule has 2 aliphatic rings. The van der Waals surface area contributed by atoms with Gasteiger partial charge in [0.05, 0.1) is 29.0 Å². The Hall–Kier alpha value is -3.59. The molecule has 218 valence electrons. The van der Waals surface area contributed by atoms with E-state index in [1.165, 1.54) is 12.1 Å². The summed E-state index contributed by atoms with van der Waals surface area (Å²) in [6, 6.07) is 5.79. The van der Waals surface area contributed by atoms with E-state index in [0.29, 0.717) is 48.4 Å². The summed E-state index contributed by atoms with van der Waals surface area (Å²) in [7, 11) is 0. The van der Waals surface area contributed by atoms with Gasteiger partial charge in [-0.15, -0.1) is 0 Å². The fourth-order valence-electron chi connectivity index (χ4n) is 6.65. The van der Waals surface area contributed by atoms with E-state index in [-0.39, 0.29) is 47.2 Å². The topological polar surface area (TPSA) is 87.5 Å². The number of carbonyl (C=O) groups is 3. The lowest BCUT2D eigenvalue weighted by Crippen LogP contribution is -2.47. The van der Waals surface area contributed by atoms with Gasteiger partial charge in [-0.05, 0) is 91.1 Å². The van der Waals surface area contributed by atoms with Crippen molar-refractivity contribution in [1.29, 1.82) is 0 Å². The van der Waals surface area contributed by atoms with Gasteiger partial charge in [-0.25, -0.2) is 4.39 Å². The van der Waals surface area contributed by atoms with E-state index < -0.39 is 5.82 Å². The molecule has 5 rings (SSSR count). The molecule has 1 N–H and O–H groups in total. The van der Waals surface area contributed by atoms with E-state index in [1.54, 1.807) is 23.4 Å². The zero-order valence-electron chi connectivity index (χ0n) is 24.6. The molecule has 2 saturated heterocycles. The second-order valence-corrected chi connectivity index (χ2v) is 11.9. The van der Waals surface area contributed by atoms with Crippen LogP contribution in [0.3, 0.4) is 0 Å². The second-order valence-electron chi connectivity index (χ2n) is 11.9. The van der Waals surface area contributed by atoms with E-state index in [0.717, 1.165) is 24.8 Å². The van der Waals surface area contributed by atoms with E-state index >= 15 is 0 Å². The molecule has 4 heterocycles. The van der Waals surface area contributed by atoms with Crippen LogP contribution in [0.1, 0.15) is 79.8 Å². The summed E-state index contributed by atoms with van der Waals surface area (Å²) in [4.78, 5) is 48.7. The first-order valence-corrected chi connectivity index (χ1v) is 14.7. The largest absolute Gasteiger partial charge is 0.341 e. The predicted molar refractivity (Wildman–Crippen MR) is 157 cm³/mol. The number of amides is 2. The van der Waals surface area contributed by atoms with E-state index in [2.05, 4.69) is 10.3 Å². The minimum absolute atomic E-state index is 0.0320. The number of nitrogens with one attached hydrogen (secondary N) is 1. The fourth-order valence-corrected chi connectivity index (χ4v) is 6.65. The molecular weight excluding hydrogens is 521 g/mol. The van der Waals surface area contributed by atoms with Gasteiger partial charge < -0.3 is 19.7 Å². The van der Waals surface area contributed by atoms with Crippen LogP contribution >= 0.6 is 0 Å². The summed E-state index contributed by atoms with van der Waals surface area (Å²) in [6.45, 7) is 11.6. The first kappa shape index (κ1) is 28.9. The molecule has 41 heavy (non-hydrogen) atoms. The summed E-state index contributed by atoms with van der Waals surface area (Å²) in [6.07, 6.45) is 6.44. The Morgan fingerprint density at radius 3 is 2.39 bits per heavy atom. The lowest BCUT2D eigenvalue weighted by Gasteiger charge is -2.33. The smallest absolute Gasteiger partial charge is 0.256 e. The Morgan fingerprint density at radius 2 is 1.76 bits per heavy atom. The minimum atomic E-state index is -0.498. The van der Waals surface area contributed by atoms with Crippen molar-refractivity contribution in [2.45, 2.75) is 78.4 Å². The molecular formula is C32H40FN5O3. The van der Waals surface area contributed by atoms with Gasteiger partial charge in [0.15, 0.2) is 5.78 Å². The number of halogens is 1. The van der Waals surface area contributed by atoms with Gasteiger partial charge in [-0.3, -0.25) is 19.4 Å². The van der Waals surface area contributed by atoms with Crippen LogP contribution in [0.5, 0.6) is 0 Å². The molecule has 2 amide bonds. The third-order valence-electron chi connectivity index (χ3n) is 8.57. The summed E-state index contributed by atoms with van der Waals surface area (Å²) in [5.41, 5.74) is 2.73. The highest BCUT2D eigenvalue weighted by Crippen LogP contribution is 2.34. The summed E-state index contributed by atoms with van der Waals surface area (Å²) < 4.78 is 16.5. The lowest BCUT2D eigenvalue weighted by atomic mass is 9.87. The Morgan fingerprint density at radius 1 is 1.05 bits per heavy atom. The van der Waals surface area contributed by atoms with E-state index in [1.807, 2.05) is 50.2 Å².